The molecule has 1 aromatic heterocycles. The van der Waals surface area contributed by atoms with Crippen LogP contribution in [0.4, 0.5) is 11.4 Å². The number of nitrogens with two attached hydrogens (primary N) is 2. The molecule has 6 N–H and O–H groups in total. The Morgan fingerprint density at radius 1 is 1.21 bits per heavy atom. The van der Waals surface area contributed by atoms with Gasteiger partial charge in [0.05, 0.1) is 17.1 Å². The van der Waals surface area contributed by atoms with Crippen molar-refractivity contribution in [3.8, 4) is 0 Å². The van der Waals surface area contributed by atoms with Crippen molar-refractivity contribution in [2.75, 3.05) is 36.0 Å². The number of piperazine rings is 1. The summed E-state index contributed by atoms with van der Waals surface area (Å²) in [7, 11) is 0. The first-order valence-corrected chi connectivity index (χ1v) is 8.01. The van der Waals surface area contributed by atoms with Crippen LogP contribution in [0.15, 0.2) is 29.4 Å². The van der Waals surface area contributed by atoms with Gasteiger partial charge in [-0.3, -0.25) is 5.10 Å². The first-order chi connectivity index (χ1) is 11.6. The van der Waals surface area contributed by atoms with Crippen LogP contribution in [0.25, 0.3) is 0 Å². The zero-order valence-corrected chi connectivity index (χ0v) is 14.1. The first-order valence-electron chi connectivity index (χ1n) is 8.01. The van der Waals surface area contributed by atoms with Crippen LogP contribution in [-0.2, 0) is 0 Å². The molecule has 0 atom stereocenters. The minimum absolute atomic E-state index is 0.377. The van der Waals surface area contributed by atoms with Gasteiger partial charge in [0.15, 0.2) is 5.84 Å². The van der Waals surface area contributed by atoms with E-state index in [1.807, 2.05) is 25.1 Å². The highest BCUT2D eigenvalue weighted by Crippen LogP contribution is 2.25. The highest BCUT2D eigenvalue weighted by atomic mass is 15.5. The number of hydrogen-bond acceptors (Lipinski definition) is 6. The Hall–Kier alpha value is -2.74. The van der Waals surface area contributed by atoms with Gasteiger partial charge in [0.1, 0.15) is 0 Å². The Balaban J connectivity index is 1.71. The first kappa shape index (κ1) is 16.1. The monoisotopic (exact) mass is 328 g/mol. The number of benzene rings is 1. The summed E-state index contributed by atoms with van der Waals surface area (Å²) < 4.78 is 0. The zero-order chi connectivity index (χ0) is 17.1. The third kappa shape index (κ3) is 3.13. The van der Waals surface area contributed by atoms with E-state index in [4.69, 9.17) is 11.6 Å². The molecular formula is C16H24N8. The van der Waals surface area contributed by atoms with Gasteiger partial charge in [0, 0.05) is 37.4 Å². The molecule has 1 aliphatic heterocycles. The molecule has 0 spiro atoms. The standard InChI is InChI=1S/C16H24N8/c1-11-15(12(2)20-19-11)24-8-6-23(7-9-24)14-5-3-4-13(10-14)16(17)21-22-18/h3-5,10,22H,6-9,18H2,1-2H3,(H2,17,21)(H,19,20). The topological polar surface area (TPSA) is 112 Å². The summed E-state index contributed by atoms with van der Waals surface area (Å²) in [6.07, 6.45) is 0. The fourth-order valence-corrected chi connectivity index (χ4v) is 3.20. The van der Waals surface area contributed by atoms with Gasteiger partial charge in [0.25, 0.3) is 0 Å². The molecule has 0 saturated carbocycles. The van der Waals surface area contributed by atoms with Crippen molar-refractivity contribution in [1.82, 2.24) is 15.7 Å². The van der Waals surface area contributed by atoms with E-state index in [0.29, 0.717) is 5.84 Å². The van der Waals surface area contributed by atoms with Crippen LogP contribution in [0.1, 0.15) is 17.0 Å². The Kier molecular flexibility index (Phi) is 4.57. The Morgan fingerprint density at radius 2 is 1.92 bits per heavy atom. The summed E-state index contributed by atoms with van der Waals surface area (Å²) in [4.78, 5) is 4.75. The fraction of sp³-hybridized carbons (Fsp3) is 0.375. The largest absolute Gasteiger partial charge is 0.382 e. The maximum atomic E-state index is 5.89. The van der Waals surface area contributed by atoms with E-state index in [0.717, 1.165) is 48.8 Å². The summed E-state index contributed by atoms with van der Waals surface area (Å²) in [5, 5.41) is 11.2. The number of anilines is 2. The normalized spacial score (nSPS) is 15.7. The third-order valence-electron chi connectivity index (χ3n) is 4.38. The van der Waals surface area contributed by atoms with Crippen molar-refractivity contribution < 1.29 is 0 Å². The molecule has 24 heavy (non-hydrogen) atoms. The predicted octanol–water partition coefficient (Wildman–Crippen LogP) is 0.437. The van der Waals surface area contributed by atoms with Crippen LogP contribution in [0.5, 0.6) is 0 Å². The number of nitrogens with one attached hydrogen (secondary N) is 2. The maximum Gasteiger partial charge on any atom is 0.152 e. The van der Waals surface area contributed by atoms with Gasteiger partial charge < -0.3 is 15.5 Å². The van der Waals surface area contributed by atoms with E-state index < -0.39 is 0 Å². The number of hydrazone groups is 1. The Morgan fingerprint density at radius 3 is 2.54 bits per heavy atom. The van der Waals surface area contributed by atoms with Crippen LogP contribution >= 0.6 is 0 Å². The predicted molar refractivity (Wildman–Crippen MR) is 97.0 cm³/mol. The molecule has 0 radical (unpaired) electrons. The van der Waals surface area contributed by atoms with Crippen molar-refractivity contribution in [3.05, 3.63) is 41.2 Å². The smallest absolute Gasteiger partial charge is 0.152 e. The van der Waals surface area contributed by atoms with E-state index in [1.165, 1.54) is 5.69 Å². The van der Waals surface area contributed by atoms with Gasteiger partial charge in [-0.2, -0.15) is 5.10 Å². The number of nitrogens with zero attached hydrogens (tertiary/aromatic N) is 4. The molecule has 1 saturated heterocycles. The van der Waals surface area contributed by atoms with Gasteiger partial charge in [-0.1, -0.05) is 12.1 Å². The average Bonchev–Trinajstić information content (AvgIpc) is 2.94. The van der Waals surface area contributed by atoms with E-state index in [1.54, 1.807) is 0 Å². The summed E-state index contributed by atoms with van der Waals surface area (Å²) >= 11 is 0. The molecule has 0 unspecified atom stereocenters. The molecule has 0 amide bonds. The summed E-state index contributed by atoms with van der Waals surface area (Å²) in [5.41, 5.74) is 13.5. The number of aromatic nitrogens is 2. The van der Waals surface area contributed by atoms with E-state index in [2.05, 4.69) is 43.6 Å². The summed E-state index contributed by atoms with van der Waals surface area (Å²) in [5.74, 6) is 5.57. The minimum atomic E-state index is 0.377. The van der Waals surface area contributed by atoms with E-state index in [-0.39, 0.29) is 0 Å². The van der Waals surface area contributed by atoms with Gasteiger partial charge in [-0.15, -0.1) is 5.10 Å². The van der Waals surface area contributed by atoms with Crippen LogP contribution < -0.4 is 26.9 Å². The van der Waals surface area contributed by atoms with Gasteiger partial charge in [-0.05, 0) is 26.0 Å². The van der Waals surface area contributed by atoms with Crippen LogP contribution in [0.2, 0.25) is 0 Å². The van der Waals surface area contributed by atoms with E-state index in [9.17, 15) is 0 Å². The van der Waals surface area contributed by atoms with E-state index >= 15 is 0 Å². The number of hydrogen-bond donors (Lipinski definition) is 4. The lowest BCUT2D eigenvalue weighted by atomic mass is 10.1. The lowest BCUT2D eigenvalue weighted by molar-refractivity contribution is 0.651. The van der Waals surface area contributed by atoms with Crippen LogP contribution in [0.3, 0.4) is 0 Å². The fourth-order valence-electron chi connectivity index (χ4n) is 3.20. The Bertz CT molecular complexity index is 708. The SMILES string of the molecule is Cc1n[nH]c(C)c1N1CCN(c2cccc(/C(N)=N/NN)c2)CC1. The molecule has 1 fully saturated rings. The van der Waals surface area contributed by atoms with Crippen molar-refractivity contribution in [2.24, 2.45) is 16.7 Å². The van der Waals surface area contributed by atoms with Gasteiger partial charge in [0.2, 0.25) is 0 Å². The second-order valence-corrected chi connectivity index (χ2v) is 5.93. The molecule has 1 aliphatic rings. The molecule has 8 nitrogen and oxygen atoms in total. The number of H-pyrrole nitrogens is 1. The van der Waals surface area contributed by atoms with Crippen LogP contribution in [0, 0.1) is 13.8 Å². The number of rotatable bonds is 4. The van der Waals surface area contributed by atoms with Crippen molar-refractivity contribution >= 4 is 17.2 Å². The van der Waals surface area contributed by atoms with Gasteiger partial charge in [-0.25, -0.2) is 11.4 Å². The molecule has 1 aromatic carbocycles. The van der Waals surface area contributed by atoms with Crippen molar-refractivity contribution in [3.63, 3.8) is 0 Å². The van der Waals surface area contributed by atoms with Crippen LogP contribution in [-0.4, -0.2) is 42.2 Å². The molecule has 0 bridgehead atoms. The maximum absolute atomic E-state index is 5.89. The highest BCUT2D eigenvalue weighted by molar-refractivity contribution is 5.98. The lowest BCUT2D eigenvalue weighted by Gasteiger charge is -2.37. The summed E-state index contributed by atoms with van der Waals surface area (Å²) in [6, 6.07) is 8.05. The number of hydrazine groups is 1. The molecule has 2 heterocycles. The second kappa shape index (κ2) is 6.79. The minimum Gasteiger partial charge on any atom is -0.382 e. The molecule has 8 heteroatoms. The number of aromatic amines is 1. The molecule has 0 aliphatic carbocycles. The Labute approximate surface area is 141 Å². The zero-order valence-electron chi connectivity index (χ0n) is 14.1. The number of amidine groups is 1. The third-order valence-corrected chi connectivity index (χ3v) is 4.38. The lowest BCUT2D eigenvalue weighted by Crippen LogP contribution is -2.47. The molecule has 3 rings (SSSR count). The quantitative estimate of drug-likeness (QED) is 0.280. The average molecular weight is 328 g/mol. The highest BCUT2D eigenvalue weighted by Gasteiger charge is 2.21. The van der Waals surface area contributed by atoms with Gasteiger partial charge >= 0.3 is 0 Å². The molecular weight excluding hydrogens is 304 g/mol. The second-order valence-electron chi connectivity index (χ2n) is 5.93. The molecule has 2 aromatic rings. The van der Waals surface area contributed by atoms with Crippen molar-refractivity contribution in [2.45, 2.75) is 13.8 Å². The number of aryl methyl sites for hydroxylation is 2. The summed E-state index contributed by atoms with van der Waals surface area (Å²) in [6.45, 7) is 7.92. The molecule has 128 valence electrons. The van der Waals surface area contributed by atoms with Crippen molar-refractivity contribution in [1.29, 1.82) is 0 Å².